The Morgan fingerprint density at radius 2 is 1.90 bits per heavy atom. The van der Waals surface area contributed by atoms with Crippen LogP contribution < -0.4 is 10.5 Å². The van der Waals surface area contributed by atoms with E-state index < -0.39 is 10.0 Å². The molecule has 0 atom stereocenters. The van der Waals surface area contributed by atoms with E-state index in [9.17, 15) is 8.42 Å². The van der Waals surface area contributed by atoms with Crippen LogP contribution in [0.4, 0.5) is 11.5 Å². The fraction of sp³-hybridized carbons (Fsp3) is 0. The summed E-state index contributed by atoms with van der Waals surface area (Å²) in [5.74, 6) is 0.0375. The summed E-state index contributed by atoms with van der Waals surface area (Å²) in [5.41, 5.74) is 5.87. The average molecular weight is 398 g/mol. The Kier molecular flexibility index (Phi) is 4.38. The Bertz CT molecular complexity index is 770. The maximum absolute atomic E-state index is 12.3. The highest BCUT2D eigenvalue weighted by Gasteiger charge is 2.21. The van der Waals surface area contributed by atoms with Gasteiger partial charge in [-0.1, -0.05) is 23.2 Å². The molecule has 20 heavy (non-hydrogen) atoms. The molecule has 0 saturated heterocycles. The summed E-state index contributed by atoms with van der Waals surface area (Å²) in [4.78, 5) is 7.32. The molecule has 2 rings (SSSR count). The first kappa shape index (κ1) is 15.3. The van der Waals surface area contributed by atoms with Crippen LogP contribution in [0.2, 0.25) is 10.2 Å². The number of hydrogen-bond donors (Lipinski definition) is 2. The smallest absolute Gasteiger partial charge is 0.264 e. The van der Waals surface area contributed by atoms with Crippen LogP contribution in [0.15, 0.2) is 33.9 Å². The largest absolute Gasteiger partial charge is 0.398 e. The van der Waals surface area contributed by atoms with Crippen molar-refractivity contribution in [2.24, 2.45) is 0 Å². The molecule has 0 unspecified atom stereocenters. The summed E-state index contributed by atoms with van der Waals surface area (Å²) in [6, 6.07) is 3.99. The maximum atomic E-state index is 12.3. The highest BCUT2D eigenvalue weighted by atomic mass is 79.9. The molecule has 0 fully saturated rings. The van der Waals surface area contributed by atoms with Gasteiger partial charge < -0.3 is 5.73 Å². The van der Waals surface area contributed by atoms with Crippen molar-refractivity contribution >= 4 is 60.7 Å². The van der Waals surface area contributed by atoms with Crippen LogP contribution >= 0.6 is 39.1 Å². The van der Waals surface area contributed by atoms with E-state index in [1.54, 1.807) is 0 Å². The van der Waals surface area contributed by atoms with E-state index in [0.717, 1.165) is 6.33 Å². The molecule has 10 heteroatoms. The Labute approximate surface area is 133 Å². The highest BCUT2D eigenvalue weighted by molar-refractivity contribution is 9.10. The minimum absolute atomic E-state index is 0.0375. The summed E-state index contributed by atoms with van der Waals surface area (Å²) in [7, 11) is -3.92. The first-order valence-electron chi connectivity index (χ1n) is 5.04. The molecule has 0 radical (unpaired) electrons. The molecule has 1 heterocycles. The second-order valence-electron chi connectivity index (χ2n) is 3.64. The van der Waals surface area contributed by atoms with Gasteiger partial charge in [-0.05, 0) is 28.1 Å². The third-order valence-corrected chi connectivity index (χ3v) is 5.15. The van der Waals surface area contributed by atoms with Crippen molar-refractivity contribution in [3.8, 4) is 0 Å². The molecule has 0 aliphatic rings. The molecule has 0 aliphatic heterocycles. The number of hydrogen-bond acceptors (Lipinski definition) is 5. The van der Waals surface area contributed by atoms with Crippen molar-refractivity contribution in [1.29, 1.82) is 0 Å². The van der Waals surface area contributed by atoms with Crippen LogP contribution in [0.25, 0.3) is 0 Å². The van der Waals surface area contributed by atoms with E-state index in [1.807, 2.05) is 0 Å². The highest BCUT2D eigenvalue weighted by Crippen LogP contribution is 2.32. The number of halogens is 3. The lowest BCUT2D eigenvalue weighted by Gasteiger charge is -2.11. The van der Waals surface area contributed by atoms with Gasteiger partial charge in [-0.25, -0.2) is 18.4 Å². The zero-order chi connectivity index (χ0) is 14.9. The number of sulfonamides is 1. The molecule has 6 nitrogen and oxygen atoms in total. The number of nitrogens with one attached hydrogen (secondary N) is 1. The molecule has 3 N–H and O–H groups in total. The number of nitrogens with two attached hydrogens (primary N) is 1. The summed E-state index contributed by atoms with van der Waals surface area (Å²) in [6.45, 7) is 0. The summed E-state index contributed by atoms with van der Waals surface area (Å²) in [6.07, 6.45) is 1.14. The topological polar surface area (TPSA) is 98.0 Å². The van der Waals surface area contributed by atoms with Gasteiger partial charge in [0.15, 0.2) is 0 Å². The van der Waals surface area contributed by atoms with Gasteiger partial charge in [0.2, 0.25) is 0 Å². The van der Waals surface area contributed by atoms with Crippen LogP contribution in [0, 0.1) is 0 Å². The molecule has 2 aromatic rings. The quantitative estimate of drug-likeness (QED) is 0.612. The normalized spacial score (nSPS) is 11.3. The molecule has 0 bridgehead atoms. The van der Waals surface area contributed by atoms with Crippen molar-refractivity contribution in [3.63, 3.8) is 0 Å². The summed E-state index contributed by atoms with van der Waals surface area (Å²) in [5, 5.41) is 0.314. The second kappa shape index (κ2) is 5.72. The fourth-order valence-electron chi connectivity index (χ4n) is 1.36. The zero-order valence-corrected chi connectivity index (χ0v) is 13.6. The van der Waals surface area contributed by atoms with Crippen molar-refractivity contribution in [2.75, 3.05) is 10.5 Å². The van der Waals surface area contributed by atoms with Gasteiger partial charge in [0, 0.05) is 16.8 Å². The maximum Gasteiger partial charge on any atom is 0.264 e. The van der Waals surface area contributed by atoms with Crippen LogP contribution in [-0.4, -0.2) is 18.4 Å². The average Bonchev–Trinajstić information content (AvgIpc) is 2.33. The number of aromatic nitrogens is 2. The van der Waals surface area contributed by atoms with Crippen LogP contribution in [0.3, 0.4) is 0 Å². The van der Waals surface area contributed by atoms with Gasteiger partial charge >= 0.3 is 0 Å². The standard InChI is InChI=1S/C10H7BrCl2N4O2S/c11-10-6(14)1-5(12)2-7(10)20(18,19)17-9-3-8(13)15-4-16-9/h1-4H,14H2,(H,15,16,17). The SMILES string of the molecule is Nc1cc(Cl)cc(S(=O)(=O)Nc2cc(Cl)ncn2)c1Br. The number of benzene rings is 1. The van der Waals surface area contributed by atoms with Gasteiger partial charge in [-0.3, -0.25) is 4.72 Å². The molecule has 1 aromatic heterocycles. The molecule has 1 aromatic carbocycles. The lowest BCUT2D eigenvalue weighted by Crippen LogP contribution is -2.15. The predicted molar refractivity (Wildman–Crippen MR) is 81.4 cm³/mol. The van der Waals surface area contributed by atoms with E-state index in [-0.39, 0.29) is 31.0 Å². The van der Waals surface area contributed by atoms with E-state index in [1.165, 1.54) is 18.2 Å². The lowest BCUT2D eigenvalue weighted by atomic mass is 10.3. The van der Waals surface area contributed by atoms with Crippen molar-refractivity contribution < 1.29 is 8.42 Å². The van der Waals surface area contributed by atoms with Gasteiger partial charge in [-0.2, -0.15) is 0 Å². The van der Waals surface area contributed by atoms with E-state index >= 15 is 0 Å². The molecule has 106 valence electrons. The lowest BCUT2D eigenvalue weighted by molar-refractivity contribution is 0.600. The van der Waals surface area contributed by atoms with Crippen LogP contribution in [0.5, 0.6) is 0 Å². The van der Waals surface area contributed by atoms with Crippen molar-refractivity contribution in [2.45, 2.75) is 4.90 Å². The third-order valence-electron chi connectivity index (χ3n) is 2.19. The molecule has 0 saturated carbocycles. The molecule has 0 aliphatic carbocycles. The minimum Gasteiger partial charge on any atom is -0.398 e. The fourth-order valence-corrected chi connectivity index (χ4v) is 3.80. The van der Waals surface area contributed by atoms with E-state index in [2.05, 4.69) is 30.6 Å². The van der Waals surface area contributed by atoms with Gasteiger partial charge in [0.1, 0.15) is 22.2 Å². The van der Waals surface area contributed by atoms with E-state index in [0.29, 0.717) is 0 Å². The van der Waals surface area contributed by atoms with Gasteiger partial charge in [-0.15, -0.1) is 0 Å². The van der Waals surface area contributed by atoms with Crippen molar-refractivity contribution in [1.82, 2.24) is 9.97 Å². The molecular formula is C10H7BrCl2N4O2S. The Morgan fingerprint density at radius 3 is 2.55 bits per heavy atom. The Hall–Kier alpha value is -1.09. The van der Waals surface area contributed by atoms with Gasteiger partial charge in [0.25, 0.3) is 10.0 Å². The third kappa shape index (κ3) is 3.32. The summed E-state index contributed by atoms with van der Waals surface area (Å²) >= 11 is 14.6. The zero-order valence-electron chi connectivity index (χ0n) is 9.64. The number of nitrogens with zero attached hydrogens (tertiary/aromatic N) is 2. The number of rotatable bonds is 3. The first-order chi connectivity index (χ1) is 9.29. The number of anilines is 2. The van der Waals surface area contributed by atoms with Gasteiger partial charge in [0.05, 0.1) is 4.47 Å². The molecule has 0 amide bonds. The second-order valence-corrected chi connectivity index (χ2v) is 6.91. The van der Waals surface area contributed by atoms with Crippen LogP contribution in [-0.2, 0) is 10.0 Å². The molecular weight excluding hydrogens is 391 g/mol. The molecule has 0 spiro atoms. The monoisotopic (exact) mass is 396 g/mol. The first-order valence-corrected chi connectivity index (χ1v) is 8.07. The number of nitrogen functional groups attached to an aromatic ring is 1. The van der Waals surface area contributed by atoms with Crippen LogP contribution in [0.1, 0.15) is 0 Å². The van der Waals surface area contributed by atoms with E-state index in [4.69, 9.17) is 28.9 Å². The predicted octanol–water partition coefficient (Wildman–Crippen LogP) is 2.93. The summed E-state index contributed by atoms with van der Waals surface area (Å²) < 4.78 is 27.0. The van der Waals surface area contributed by atoms with Crippen molar-refractivity contribution in [3.05, 3.63) is 39.2 Å². The minimum atomic E-state index is -3.92. The Balaban J connectivity index is 2.46. The Morgan fingerprint density at radius 1 is 1.20 bits per heavy atom.